The highest BCUT2D eigenvalue weighted by Gasteiger charge is 2.30. The van der Waals surface area contributed by atoms with Crippen LogP contribution in [0.5, 0.6) is 0 Å². The minimum absolute atomic E-state index is 0.300. The number of aliphatic imine (C=N–C) groups is 3. The molecule has 2 aromatic rings. The third-order valence-electron chi connectivity index (χ3n) is 6.15. The summed E-state index contributed by atoms with van der Waals surface area (Å²) in [7, 11) is -1.75. The highest BCUT2D eigenvalue weighted by Crippen LogP contribution is 2.35. The number of amidine groups is 2. The molecule has 0 bridgehead atoms. The number of morpholine rings is 1. The molecule has 0 radical (unpaired) electrons. The van der Waals surface area contributed by atoms with Crippen LogP contribution < -0.4 is 10.6 Å². The molecule has 1 fully saturated rings. The minimum Gasteiger partial charge on any atom is -0.379 e. The Kier molecular flexibility index (Phi) is 7.49. The number of sulfonamides is 1. The standard InChI is InChI=1S/C24H30N8O3S2/c1-16-11-21(36-24(16)37(33,34)32-7-9-35-10-8-32)29-22-17(2)26-14-20(19-13-27-31(3)15-19)28-23(30-22)18-5-4-6-25-12-18/h5,11,13-15,25H,4,6-10,12H2,1-3H3,(H,28,29,30). The van der Waals surface area contributed by atoms with E-state index in [1.54, 1.807) is 30.1 Å². The van der Waals surface area contributed by atoms with Gasteiger partial charge in [0.1, 0.15) is 15.0 Å². The molecule has 196 valence electrons. The van der Waals surface area contributed by atoms with Gasteiger partial charge in [0.15, 0.2) is 5.84 Å². The van der Waals surface area contributed by atoms with Gasteiger partial charge in [-0.05, 0) is 38.4 Å². The third-order valence-corrected chi connectivity index (χ3v) is 9.79. The number of hydrogen-bond acceptors (Lipinski definition) is 9. The zero-order valence-electron chi connectivity index (χ0n) is 21.1. The Morgan fingerprint density at radius 2 is 2.03 bits per heavy atom. The van der Waals surface area contributed by atoms with E-state index >= 15 is 0 Å². The Hall–Kier alpha value is -2.97. The predicted octanol–water partition coefficient (Wildman–Crippen LogP) is 2.22. The fourth-order valence-corrected chi connectivity index (χ4v) is 7.25. The Morgan fingerprint density at radius 1 is 1.22 bits per heavy atom. The average molecular weight is 543 g/mol. The van der Waals surface area contributed by atoms with Crippen molar-refractivity contribution in [2.75, 3.05) is 39.4 Å². The van der Waals surface area contributed by atoms with Crippen LogP contribution in [0, 0.1) is 6.92 Å². The van der Waals surface area contributed by atoms with E-state index in [2.05, 4.69) is 26.8 Å². The van der Waals surface area contributed by atoms with E-state index in [1.807, 2.05) is 20.2 Å². The summed E-state index contributed by atoms with van der Waals surface area (Å²) >= 11 is 1.15. The Bertz CT molecular complexity index is 1440. The highest BCUT2D eigenvalue weighted by molar-refractivity contribution is 7.91. The molecular formula is C24H30N8O3S2. The molecule has 2 aromatic heterocycles. The lowest BCUT2D eigenvalue weighted by Gasteiger charge is -2.25. The van der Waals surface area contributed by atoms with E-state index in [4.69, 9.17) is 14.7 Å². The molecule has 3 aliphatic heterocycles. The van der Waals surface area contributed by atoms with Crippen LogP contribution in [0.15, 0.2) is 55.5 Å². The quantitative estimate of drug-likeness (QED) is 0.597. The largest absolute Gasteiger partial charge is 0.379 e. The maximum Gasteiger partial charge on any atom is 0.253 e. The lowest BCUT2D eigenvalue weighted by molar-refractivity contribution is 0.0731. The van der Waals surface area contributed by atoms with E-state index < -0.39 is 10.0 Å². The Labute approximate surface area is 220 Å². The number of nitrogens with one attached hydrogen (secondary N) is 2. The lowest BCUT2D eigenvalue weighted by atomic mass is 10.1. The molecule has 0 amide bonds. The van der Waals surface area contributed by atoms with E-state index in [0.29, 0.717) is 65.0 Å². The van der Waals surface area contributed by atoms with Crippen molar-refractivity contribution in [2.45, 2.75) is 24.5 Å². The van der Waals surface area contributed by atoms with Crippen molar-refractivity contribution >= 4 is 49.4 Å². The SMILES string of the molecule is CC1=NC=C(c2cnn(C)c2)NC(C2=CCCNC2)=NC1=Nc1cc(C)c(S(=O)(=O)N2CCOCC2)s1. The van der Waals surface area contributed by atoms with E-state index in [9.17, 15) is 8.42 Å². The first-order valence-corrected chi connectivity index (χ1v) is 14.3. The van der Waals surface area contributed by atoms with Gasteiger partial charge in [0, 0.05) is 44.0 Å². The Morgan fingerprint density at radius 3 is 2.73 bits per heavy atom. The van der Waals surface area contributed by atoms with Crippen LogP contribution in [0.2, 0.25) is 0 Å². The molecule has 37 heavy (non-hydrogen) atoms. The molecule has 13 heteroatoms. The molecule has 3 aliphatic rings. The summed E-state index contributed by atoms with van der Waals surface area (Å²) < 4.78 is 35.3. The van der Waals surface area contributed by atoms with Crippen molar-refractivity contribution in [1.82, 2.24) is 24.7 Å². The highest BCUT2D eigenvalue weighted by atomic mass is 32.2. The van der Waals surface area contributed by atoms with Crippen molar-refractivity contribution in [3.8, 4) is 0 Å². The molecule has 2 N–H and O–H groups in total. The topological polar surface area (TPSA) is 126 Å². The van der Waals surface area contributed by atoms with Crippen molar-refractivity contribution in [3.05, 3.63) is 47.4 Å². The van der Waals surface area contributed by atoms with Gasteiger partial charge in [-0.15, -0.1) is 11.3 Å². The van der Waals surface area contributed by atoms with Gasteiger partial charge in [-0.1, -0.05) is 6.08 Å². The van der Waals surface area contributed by atoms with Crippen LogP contribution in [0.25, 0.3) is 5.70 Å². The van der Waals surface area contributed by atoms with Crippen LogP contribution in [0.4, 0.5) is 5.00 Å². The molecular weight excluding hydrogens is 512 g/mol. The van der Waals surface area contributed by atoms with E-state index in [0.717, 1.165) is 41.1 Å². The fraction of sp³-hybridized carbons (Fsp3) is 0.417. The number of aryl methyl sites for hydroxylation is 2. The third kappa shape index (κ3) is 5.65. The van der Waals surface area contributed by atoms with Crippen molar-refractivity contribution in [2.24, 2.45) is 22.0 Å². The average Bonchev–Trinajstić information content (AvgIpc) is 3.50. The number of rotatable bonds is 5. The van der Waals surface area contributed by atoms with Gasteiger partial charge in [0.05, 0.1) is 37.0 Å². The smallest absolute Gasteiger partial charge is 0.253 e. The molecule has 0 aliphatic carbocycles. The molecule has 1 saturated heterocycles. The number of hydrogen-bond donors (Lipinski definition) is 2. The van der Waals surface area contributed by atoms with Gasteiger partial charge < -0.3 is 15.4 Å². The van der Waals surface area contributed by atoms with E-state index in [-0.39, 0.29) is 0 Å². The van der Waals surface area contributed by atoms with Crippen LogP contribution in [0.1, 0.15) is 24.5 Å². The summed E-state index contributed by atoms with van der Waals surface area (Å²) in [5.74, 6) is 1.09. The summed E-state index contributed by atoms with van der Waals surface area (Å²) in [4.78, 5) is 14.3. The maximum absolute atomic E-state index is 13.3. The van der Waals surface area contributed by atoms with Crippen LogP contribution >= 0.6 is 11.3 Å². The summed E-state index contributed by atoms with van der Waals surface area (Å²) in [6, 6.07) is 1.79. The first-order chi connectivity index (χ1) is 17.8. The summed E-state index contributed by atoms with van der Waals surface area (Å²) in [6.45, 7) is 6.74. The normalized spacial score (nSPS) is 20.9. The van der Waals surface area contributed by atoms with Crippen LogP contribution in [-0.4, -0.2) is 79.3 Å². The van der Waals surface area contributed by atoms with Crippen molar-refractivity contribution < 1.29 is 13.2 Å². The van der Waals surface area contributed by atoms with Crippen molar-refractivity contribution in [3.63, 3.8) is 0 Å². The molecule has 0 aromatic carbocycles. The Balaban J connectivity index is 1.54. The summed E-state index contributed by atoms with van der Waals surface area (Å²) in [5.41, 5.74) is 3.98. The lowest BCUT2D eigenvalue weighted by Crippen LogP contribution is -2.40. The zero-order valence-corrected chi connectivity index (χ0v) is 22.7. The van der Waals surface area contributed by atoms with Gasteiger partial charge in [-0.3, -0.25) is 9.67 Å². The predicted molar refractivity (Wildman–Crippen MR) is 146 cm³/mol. The maximum atomic E-state index is 13.3. The number of thiophene rings is 1. The molecule has 5 rings (SSSR count). The molecule has 0 atom stereocenters. The van der Waals surface area contributed by atoms with Gasteiger partial charge >= 0.3 is 0 Å². The van der Waals surface area contributed by atoms with Gasteiger partial charge in [0.25, 0.3) is 10.0 Å². The monoisotopic (exact) mass is 542 g/mol. The van der Waals surface area contributed by atoms with Crippen LogP contribution in [-0.2, 0) is 21.8 Å². The second kappa shape index (κ2) is 10.8. The number of ether oxygens (including phenoxy) is 1. The number of nitrogens with zero attached hydrogens (tertiary/aromatic N) is 6. The van der Waals surface area contributed by atoms with Gasteiger partial charge in [-0.25, -0.2) is 18.4 Å². The first kappa shape index (κ1) is 25.7. The molecule has 11 nitrogen and oxygen atoms in total. The van der Waals surface area contributed by atoms with Gasteiger partial charge in [-0.2, -0.15) is 9.40 Å². The second-order valence-corrected chi connectivity index (χ2v) is 12.1. The zero-order chi connectivity index (χ0) is 26.0. The summed E-state index contributed by atoms with van der Waals surface area (Å²) in [5, 5.41) is 11.6. The number of aromatic nitrogens is 2. The van der Waals surface area contributed by atoms with Crippen LogP contribution in [0.3, 0.4) is 0 Å². The van der Waals surface area contributed by atoms with Gasteiger partial charge in [0.2, 0.25) is 0 Å². The second-order valence-electron chi connectivity index (χ2n) is 8.95. The fourth-order valence-electron chi connectivity index (χ4n) is 4.15. The van der Waals surface area contributed by atoms with Crippen molar-refractivity contribution in [1.29, 1.82) is 0 Å². The minimum atomic E-state index is -3.61. The molecule has 5 heterocycles. The van der Waals surface area contributed by atoms with E-state index in [1.165, 1.54) is 4.31 Å². The molecule has 0 spiro atoms. The first-order valence-electron chi connectivity index (χ1n) is 12.1. The molecule has 0 saturated carbocycles. The summed E-state index contributed by atoms with van der Waals surface area (Å²) in [6.07, 6.45) is 8.50. The molecule has 0 unspecified atom stereocenters.